The summed E-state index contributed by atoms with van der Waals surface area (Å²) >= 11 is 0. The second-order valence-corrected chi connectivity index (χ2v) is 4.68. The Labute approximate surface area is 151 Å². The van der Waals surface area contributed by atoms with E-state index in [1.807, 2.05) is 30.3 Å². The Bertz CT molecular complexity index is 723. The van der Waals surface area contributed by atoms with E-state index in [0.717, 1.165) is 5.56 Å². The summed E-state index contributed by atoms with van der Waals surface area (Å²) < 4.78 is 0. The molecule has 0 heterocycles. The molecule has 122 valence electrons. The Morgan fingerprint density at radius 2 is 1.62 bits per heavy atom. The van der Waals surface area contributed by atoms with Gasteiger partial charge in [0.05, 0.1) is 4.92 Å². The van der Waals surface area contributed by atoms with Crippen LogP contribution in [-0.2, 0) is 17.1 Å². The average Bonchev–Trinajstić information content (AvgIpc) is 3.28. The largest absolute Gasteiger partial charge is 2.00 e. The van der Waals surface area contributed by atoms with Crippen LogP contribution in [0.25, 0.3) is 6.08 Å². The quantitative estimate of drug-likeness (QED) is 0.275. The van der Waals surface area contributed by atoms with Crippen LogP contribution in [0.15, 0.2) is 96.3 Å². The molecule has 0 bridgehead atoms. The molecule has 24 heavy (non-hydrogen) atoms. The van der Waals surface area contributed by atoms with E-state index in [1.165, 1.54) is 18.2 Å². The first-order valence-corrected chi connectivity index (χ1v) is 7.02. The maximum Gasteiger partial charge on any atom is 2.00 e. The zero-order valence-corrected chi connectivity index (χ0v) is 13.8. The molecule has 0 unspecified atom stereocenters. The van der Waals surface area contributed by atoms with Crippen LogP contribution in [-0.4, -0.2) is 4.92 Å². The second kappa shape index (κ2) is 10.1. The Morgan fingerprint density at radius 1 is 1.04 bits per heavy atom. The van der Waals surface area contributed by atoms with Gasteiger partial charge in [0.2, 0.25) is 0 Å². The van der Waals surface area contributed by atoms with Gasteiger partial charge in [0.15, 0.2) is 0 Å². The molecular formula is C19H15FeNO3. The third-order valence-corrected chi connectivity index (χ3v) is 3.03. The predicted octanol–water partition coefficient (Wildman–Crippen LogP) is 3.75. The Balaban J connectivity index is 0.000000412. The minimum Gasteiger partial charge on any atom is -0.872 e. The van der Waals surface area contributed by atoms with Crippen LogP contribution in [0.1, 0.15) is 5.56 Å². The molecule has 0 aromatic heterocycles. The second-order valence-electron chi connectivity index (χ2n) is 4.68. The Hall–Kier alpha value is -2.75. The summed E-state index contributed by atoms with van der Waals surface area (Å²) in [7, 11) is 0. The van der Waals surface area contributed by atoms with E-state index < -0.39 is 4.92 Å². The molecule has 1 aliphatic carbocycles. The number of allylic oxidation sites excluding steroid dienone is 6. The number of nitro benzene ring substituents is 1. The van der Waals surface area contributed by atoms with Crippen molar-refractivity contribution in [2.24, 2.45) is 0 Å². The van der Waals surface area contributed by atoms with Gasteiger partial charge >= 0.3 is 17.1 Å². The van der Waals surface area contributed by atoms with Gasteiger partial charge in [0.1, 0.15) is 0 Å². The SMILES string of the molecule is O=[N+]([O-])c1ccc(/C=C/C([O-])=C2C=CC=C2)cc1.[Fe+2].c1cc[cH-]c1. The Morgan fingerprint density at radius 3 is 2.08 bits per heavy atom. The van der Waals surface area contributed by atoms with Crippen LogP contribution in [0.3, 0.4) is 0 Å². The molecule has 2 aromatic rings. The number of benzene rings is 1. The molecule has 0 atom stereocenters. The first-order valence-electron chi connectivity index (χ1n) is 7.02. The summed E-state index contributed by atoms with van der Waals surface area (Å²) in [5.74, 6) is -0.0849. The van der Waals surface area contributed by atoms with E-state index >= 15 is 0 Å². The summed E-state index contributed by atoms with van der Waals surface area (Å²) in [6.45, 7) is 0. The van der Waals surface area contributed by atoms with E-state index in [4.69, 9.17) is 0 Å². The molecule has 1 aliphatic rings. The normalized spacial score (nSPS) is 11.8. The summed E-state index contributed by atoms with van der Waals surface area (Å²) in [6, 6.07) is 16.0. The zero-order chi connectivity index (χ0) is 16.5. The van der Waals surface area contributed by atoms with Crippen molar-refractivity contribution in [3.8, 4) is 0 Å². The van der Waals surface area contributed by atoms with Crippen molar-refractivity contribution in [2.75, 3.05) is 0 Å². The molecule has 0 aliphatic heterocycles. The minimum atomic E-state index is -0.456. The van der Waals surface area contributed by atoms with Crippen molar-refractivity contribution >= 4 is 11.8 Å². The number of hydrogen-bond acceptors (Lipinski definition) is 3. The van der Waals surface area contributed by atoms with Crippen molar-refractivity contribution in [1.29, 1.82) is 0 Å². The smallest absolute Gasteiger partial charge is 0.872 e. The number of non-ortho nitro benzene ring substituents is 1. The maximum atomic E-state index is 11.7. The van der Waals surface area contributed by atoms with Gasteiger partial charge in [-0.2, -0.15) is 18.2 Å². The van der Waals surface area contributed by atoms with Crippen molar-refractivity contribution in [1.82, 2.24) is 0 Å². The standard InChI is InChI=1S/C14H11NO3.C5H5.Fe/c16-14(12-3-1-2-4-12)10-7-11-5-8-13(9-6-11)15(17)18;1-2-4-5-3-1;/h1-10,16H;1-5H;/q;-1;+2/p-1/b10-7+;;. The van der Waals surface area contributed by atoms with E-state index in [0.29, 0.717) is 5.57 Å². The molecular weight excluding hydrogens is 346 g/mol. The van der Waals surface area contributed by atoms with Crippen molar-refractivity contribution in [3.63, 3.8) is 0 Å². The third kappa shape index (κ3) is 6.16. The van der Waals surface area contributed by atoms with Gasteiger partial charge in [0, 0.05) is 12.1 Å². The molecule has 0 radical (unpaired) electrons. The third-order valence-electron chi connectivity index (χ3n) is 3.03. The van der Waals surface area contributed by atoms with Gasteiger partial charge in [-0.05, 0) is 23.3 Å². The van der Waals surface area contributed by atoms with Crippen LogP contribution in [0.5, 0.6) is 0 Å². The van der Waals surface area contributed by atoms with Crippen LogP contribution in [0.4, 0.5) is 5.69 Å². The average molecular weight is 361 g/mol. The van der Waals surface area contributed by atoms with Crippen LogP contribution < -0.4 is 5.11 Å². The summed E-state index contributed by atoms with van der Waals surface area (Å²) in [4.78, 5) is 10.0. The maximum absolute atomic E-state index is 11.7. The first kappa shape index (κ1) is 19.3. The molecule has 0 saturated carbocycles. The fourth-order valence-corrected chi connectivity index (χ4v) is 1.83. The van der Waals surface area contributed by atoms with Gasteiger partial charge in [-0.25, -0.2) is 12.1 Å². The van der Waals surface area contributed by atoms with Crippen molar-refractivity contribution in [2.45, 2.75) is 0 Å². The molecule has 0 spiro atoms. The molecule has 3 rings (SSSR count). The molecule has 2 aromatic carbocycles. The van der Waals surface area contributed by atoms with Crippen molar-refractivity contribution < 1.29 is 27.1 Å². The van der Waals surface area contributed by atoms with Gasteiger partial charge in [-0.1, -0.05) is 36.5 Å². The summed E-state index contributed by atoms with van der Waals surface area (Å²) in [5.41, 5.74) is 1.42. The zero-order valence-electron chi connectivity index (χ0n) is 12.7. The van der Waals surface area contributed by atoms with Gasteiger partial charge in [-0.3, -0.25) is 10.1 Å². The number of nitro groups is 1. The van der Waals surface area contributed by atoms with E-state index in [1.54, 1.807) is 42.5 Å². The topological polar surface area (TPSA) is 66.2 Å². The van der Waals surface area contributed by atoms with E-state index in [9.17, 15) is 15.2 Å². The molecule has 0 N–H and O–H groups in total. The number of rotatable bonds is 3. The summed E-state index contributed by atoms with van der Waals surface area (Å²) in [5, 5.41) is 22.1. The Kier molecular flexibility index (Phi) is 8.12. The fraction of sp³-hybridized carbons (Fsp3) is 0. The van der Waals surface area contributed by atoms with E-state index in [-0.39, 0.29) is 28.5 Å². The minimum absolute atomic E-state index is 0. The van der Waals surface area contributed by atoms with Crippen LogP contribution in [0, 0.1) is 10.1 Å². The molecule has 0 saturated heterocycles. The summed E-state index contributed by atoms with van der Waals surface area (Å²) in [6.07, 6.45) is 10.2. The van der Waals surface area contributed by atoms with E-state index in [2.05, 4.69) is 0 Å². The van der Waals surface area contributed by atoms with Crippen LogP contribution >= 0.6 is 0 Å². The van der Waals surface area contributed by atoms with Gasteiger partial charge in [0.25, 0.3) is 5.69 Å². The van der Waals surface area contributed by atoms with Crippen LogP contribution in [0.2, 0.25) is 0 Å². The molecule has 4 nitrogen and oxygen atoms in total. The predicted molar refractivity (Wildman–Crippen MR) is 89.5 cm³/mol. The van der Waals surface area contributed by atoms with Crippen molar-refractivity contribution in [3.05, 3.63) is 112 Å². The fourth-order valence-electron chi connectivity index (χ4n) is 1.83. The number of hydrogen-bond donors (Lipinski definition) is 0. The molecule has 0 amide bonds. The van der Waals surface area contributed by atoms with Gasteiger partial charge < -0.3 is 5.11 Å². The molecule has 0 fully saturated rings. The number of nitrogens with zero attached hydrogens (tertiary/aromatic N) is 1. The molecule has 5 heteroatoms. The first-order chi connectivity index (χ1) is 11.2. The monoisotopic (exact) mass is 361 g/mol. The van der Waals surface area contributed by atoms with Gasteiger partial charge in [-0.15, -0.1) is 5.76 Å².